The fourth-order valence-corrected chi connectivity index (χ4v) is 5.53. The average molecular weight is 509 g/mol. The van der Waals surface area contributed by atoms with E-state index in [1.165, 1.54) is 32.1 Å². The van der Waals surface area contributed by atoms with Gasteiger partial charge < -0.3 is 24.4 Å². The number of aliphatic hydroxyl groups is 2. The molecule has 0 aromatic heterocycles. The summed E-state index contributed by atoms with van der Waals surface area (Å²) in [6.07, 6.45) is 9.64. The largest absolute Gasteiger partial charge is 0.390 e. The van der Waals surface area contributed by atoms with Crippen molar-refractivity contribution in [2.45, 2.75) is 147 Å². The second-order valence-corrected chi connectivity index (χ2v) is 12.1. The molecule has 2 saturated heterocycles. The minimum atomic E-state index is -3.69. The summed E-state index contributed by atoms with van der Waals surface area (Å²) in [7, 11) is -3.69. The van der Waals surface area contributed by atoms with Crippen LogP contribution in [0.25, 0.3) is 0 Å². The van der Waals surface area contributed by atoms with Crippen LogP contribution in [0.2, 0.25) is 0 Å². The van der Waals surface area contributed by atoms with Gasteiger partial charge in [-0.2, -0.15) is 8.42 Å². The lowest BCUT2D eigenvalue weighted by Gasteiger charge is -2.26. The van der Waals surface area contributed by atoms with E-state index in [1.807, 2.05) is 13.8 Å². The van der Waals surface area contributed by atoms with E-state index in [0.29, 0.717) is 19.4 Å². The van der Waals surface area contributed by atoms with Gasteiger partial charge in [-0.05, 0) is 46.0 Å². The zero-order valence-corrected chi connectivity index (χ0v) is 22.4. The minimum absolute atomic E-state index is 0.185. The minimum Gasteiger partial charge on any atom is -0.390 e. The summed E-state index contributed by atoms with van der Waals surface area (Å²) < 4.78 is 46.7. The Morgan fingerprint density at radius 2 is 1.53 bits per heavy atom. The molecule has 0 aromatic carbocycles. The molecule has 6 atom stereocenters. The molecule has 0 bridgehead atoms. The monoisotopic (exact) mass is 508 g/mol. The molecule has 2 rings (SSSR count). The van der Waals surface area contributed by atoms with Crippen LogP contribution in [0.1, 0.15) is 104 Å². The van der Waals surface area contributed by atoms with Gasteiger partial charge in [-0.1, -0.05) is 58.3 Å². The number of aliphatic hydroxyl groups excluding tert-OH is 2. The van der Waals surface area contributed by atoms with Crippen molar-refractivity contribution in [2.75, 3.05) is 12.9 Å². The Morgan fingerprint density at radius 3 is 2.12 bits per heavy atom. The number of unbranched alkanes of at least 4 members (excludes halogenated alkanes) is 7. The highest BCUT2D eigenvalue weighted by atomic mass is 32.2. The molecular weight excluding hydrogens is 460 g/mol. The standard InChI is InChI=1S/C25H48O8S/c1-5-6-7-8-9-10-11-12-13-19(26)20(27)14-15-23(33-34(4,28)29)21-16-17-22(31-21)24-18-30-25(2,3)32-24/h19-24,26-27H,5-18H2,1-4H3/t19-,20-,21-,22+,23-,24+/m0/s1. The van der Waals surface area contributed by atoms with E-state index < -0.39 is 40.3 Å². The van der Waals surface area contributed by atoms with Gasteiger partial charge in [0.05, 0.1) is 37.3 Å². The van der Waals surface area contributed by atoms with Crippen LogP contribution in [-0.4, -0.2) is 73.9 Å². The van der Waals surface area contributed by atoms with Gasteiger partial charge in [0, 0.05) is 0 Å². The van der Waals surface area contributed by atoms with Gasteiger partial charge in [0.2, 0.25) is 0 Å². The van der Waals surface area contributed by atoms with E-state index >= 15 is 0 Å². The van der Waals surface area contributed by atoms with Gasteiger partial charge in [-0.25, -0.2) is 0 Å². The Balaban J connectivity index is 1.74. The molecule has 0 radical (unpaired) electrons. The van der Waals surface area contributed by atoms with Crippen molar-refractivity contribution < 1.29 is 37.0 Å². The molecule has 2 aliphatic rings. The topological polar surface area (TPSA) is 112 Å². The summed E-state index contributed by atoms with van der Waals surface area (Å²) in [4.78, 5) is 0. The highest BCUT2D eigenvalue weighted by molar-refractivity contribution is 7.86. The van der Waals surface area contributed by atoms with Crippen molar-refractivity contribution in [1.82, 2.24) is 0 Å². The van der Waals surface area contributed by atoms with Crippen LogP contribution in [0.4, 0.5) is 0 Å². The number of hydrogen-bond donors (Lipinski definition) is 2. The highest BCUT2D eigenvalue weighted by Gasteiger charge is 2.43. The molecule has 34 heavy (non-hydrogen) atoms. The Bertz CT molecular complexity index is 668. The normalized spacial score (nSPS) is 27.6. The molecule has 0 saturated carbocycles. The molecule has 8 nitrogen and oxygen atoms in total. The fraction of sp³-hybridized carbons (Fsp3) is 1.00. The number of ether oxygens (including phenoxy) is 3. The van der Waals surface area contributed by atoms with Gasteiger partial charge in [0.15, 0.2) is 5.79 Å². The first-order valence-corrected chi connectivity index (χ1v) is 15.0. The SMILES string of the molecule is CCCCCCCCCC[C@H](O)[C@@H](O)CC[C@H](OS(C)(=O)=O)[C@@H]1CC[C@H]([C@H]2COC(C)(C)O2)O1. The van der Waals surface area contributed by atoms with Crippen LogP contribution in [-0.2, 0) is 28.5 Å². The zero-order valence-electron chi connectivity index (χ0n) is 21.6. The van der Waals surface area contributed by atoms with Gasteiger partial charge in [-0.3, -0.25) is 4.18 Å². The maximum Gasteiger partial charge on any atom is 0.264 e. The van der Waals surface area contributed by atoms with Crippen molar-refractivity contribution in [3.8, 4) is 0 Å². The van der Waals surface area contributed by atoms with Crippen LogP contribution >= 0.6 is 0 Å². The first-order valence-electron chi connectivity index (χ1n) is 13.2. The second-order valence-electron chi connectivity index (χ2n) is 10.5. The van der Waals surface area contributed by atoms with E-state index in [4.69, 9.17) is 18.4 Å². The van der Waals surface area contributed by atoms with Crippen LogP contribution < -0.4 is 0 Å². The zero-order chi connectivity index (χ0) is 25.2. The second kappa shape index (κ2) is 14.4. The average Bonchev–Trinajstić information content (AvgIpc) is 3.38. The van der Waals surface area contributed by atoms with Gasteiger partial charge in [0.25, 0.3) is 10.1 Å². The smallest absolute Gasteiger partial charge is 0.264 e. The molecule has 202 valence electrons. The third kappa shape index (κ3) is 11.2. The fourth-order valence-electron chi connectivity index (χ4n) is 4.86. The Hall–Kier alpha value is -0.290. The molecule has 0 aromatic rings. The molecule has 0 amide bonds. The summed E-state index contributed by atoms with van der Waals surface area (Å²) >= 11 is 0. The van der Waals surface area contributed by atoms with E-state index in [-0.39, 0.29) is 25.0 Å². The van der Waals surface area contributed by atoms with Crippen LogP contribution in [0, 0.1) is 0 Å². The third-order valence-corrected chi connectivity index (χ3v) is 7.38. The first kappa shape index (κ1) is 29.9. The molecule has 2 fully saturated rings. The lowest BCUT2D eigenvalue weighted by molar-refractivity contribution is -0.158. The van der Waals surface area contributed by atoms with Crippen molar-refractivity contribution in [3.63, 3.8) is 0 Å². The molecule has 2 heterocycles. The third-order valence-electron chi connectivity index (χ3n) is 6.79. The molecular formula is C25H48O8S. The summed E-state index contributed by atoms with van der Waals surface area (Å²) in [6, 6.07) is 0. The summed E-state index contributed by atoms with van der Waals surface area (Å²) in [5.74, 6) is -0.649. The van der Waals surface area contributed by atoms with E-state index in [9.17, 15) is 18.6 Å². The van der Waals surface area contributed by atoms with Crippen molar-refractivity contribution in [3.05, 3.63) is 0 Å². The Labute approximate surface area is 206 Å². The first-order chi connectivity index (χ1) is 16.0. The van der Waals surface area contributed by atoms with Gasteiger partial charge >= 0.3 is 0 Å². The summed E-state index contributed by atoms with van der Waals surface area (Å²) in [6.45, 7) is 6.36. The molecule has 0 unspecified atom stereocenters. The predicted molar refractivity (Wildman–Crippen MR) is 131 cm³/mol. The number of hydrogen-bond acceptors (Lipinski definition) is 8. The lowest BCUT2D eigenvalue weighted by atomic mass is 9.98. The van der Waals surface area contributed by atoms with Crippen molar-refractivity contribution >= 4 is 10.1 Å². The molecule has 9 heteroatoms. The lowest BCUT2D eigenvalue weighted by Crippen LogP contribution is -2.36. The molecule has 0 aliphatic carbocycles. The van der Waals surface area contributed by atoms with Crippen LogP contribution in [0.3, 0.4) is 0 Å². The van der Waals surface area contributed by atoms with E-state index in [1.54, 1.807) is 0 Å². The van der Waals surface area contributed by atoms with Crippen LogP contribution in [0.5, 0.6) is 0 Å². The highest BCUT2D eigenvalue weighted by Crippen LogP contribution is 2.34. The summed E-state index contributed by atoms with van der Waals surface area (Å²) in [5, 5.41) is 20.8. The van der Waals surface area contributed by atoms with Gasteiger partial charge in [0.1, 0.15) is 12.2 Å². The quantitative estimate of drug-likeness (QED) is 0.223. The van der Waals surface area contributed by atoms with E-state index in [2.05, 4.69) is 6.92 Å². The van der Waals surface area contributed by atoms with Crippen molar-refractivity contribution in [1.29, 1.82) is 0 Å². The Morgan fingerprint density at radius 1 is 0.912 bits per heavy atom. The Kier molecular flexibility index (Phi) is 12.7. The molecule has 2 aliphatic heterocycles. The van der Waals surface area contributed by atoms with E-state index in [0.717, 1.165) is 31.9 Å². The van der Waals surface area contributed by atoms with Crippen molar-refractivity contribution in [2.24, 2.45) is 0 Å². The molecule has 0 spiro atoms. The number of rotatable bonds is 17. The maximum absolute atomic E-state index is 11.9. The van der Waals surface area contributed by atoms with Gasteiger partial charge in [-0.15, -0.1) is 0 Å². The summed E-state index contributed by atoms with van der Waals surface area (Å²) in [5.41, 5.74) is 0. The van der Waals surface area contributed by atoms with Crippen LogP contribution in [0.15, 0.2) is 0 Å². The maximum atomic E-state index is 11.9. The molecule has 2 N–H and O–H groups in total. The predicted octanol–water partition coefficient (Wildman–Crippen LogP) is 4.06.